The van der Waals surface area contributed by atoms with Crippen LogP contribution in [0.4, 0.5) is 15.8 Å². The average Bonchev–Trinajstić information content (AvgIpc) is 2.34. The van der Waals surface area contributed by atoms with Gasteiger partial charge in [-0.3, -0.25) is 0 Å². The molecular formula is C13H7Cl2FN2. The Labute approximate surface area is 114 Å². The van der Waals surface area contributed by atoms with Crippen LogP contribution in [0.25, 0.3) is 0 Å². The number of nitriles is 1. The Bertz CT molecular complexity index is 635. The summed E-state index contributed by atoms with van der Waals surface area (Å²) >= 11 is 11.7. The summed E-state index contributed by atoms with van der Waals surface area (Å²) in [5, 5.41) is 12.5. The van der Waals surface area contributed by atoms with E-state index in [0.717, 1.165) is 0 Å². The summed E-state index contributed by atoms with van der Waals surface area (Å²) in [7, 11) is 0. The van der Waals surface area contributed by atoms with Gasteiger partial charge in [0.1, 0.15) is 11.9 Å². The lowest BCUT2D eigenvalue weighted by molar-refractivity contribution is 0.624. The fourth-order valence-electron chi connectivity index (χ4n) is 1.42. The highest BCUT2D eigenvalue weighted by Gasteiger charge is 2.04. The normalized spacial score (nSPS) is 9.89. The van der Waals surface area contributed by atoms with Crippen LogP contribution in [0, 0.1) is 17.1 Å². The molecule has 0 atom stereocenters. The Morgan fingerprint density at radius 2 is 1.67 bits per heavy atom. The van der Waals surface area contributed by atoms with Gasteiger partial charge in [0.15, 0.2) is 0 Å². The molecule has 2 aromatic carbocycles. The number of rotatable bonds is 2. The van der Waals surface area contributed by atoms with E-state index in [4.69, 9.17) is 28.5 Å². The standard InChI is InChI=1S/C13H7Cl2FN2/c14-11-4-3-9(5-12(11)15)18-10-2-1-8(7-17)13(16)6-10/h1-6,18H. The van der Waals surface area contributed by atoms with Crippen molar-refractivity contribution in [2.45, 2.75) is 0 Å². The van der Waals surface area contributed by atoms with Crippen LogP contribution in [-0.4, -0.2) is 0 Å². The van der Waals surface area contributed by atoms with Gasteiger partial charge in [-0.05, 0) is 36.4 Å². The highest BCUT2D eigenvalue weighted by Crippen LogP contribution is 2.27. The predicted molar refractivity (Wildman–Crippen MR) is 70.9 cm³/mol. The van der Waals surface area contributed by atoms with Crippen molar-refractivity contribution < 1.29 is 4.39 Å². The van der Waals surface area contributed by atoms with E-state index >= 15 is 0 Å². The number of halogens is 3. The maximum absolute atomic E-state index is 13.4. The maximum atomic E-state index is 13.4. The Hall–Kier alpha value is -1.76. The summed E-state index contributed by atoms with van der Waals surface area (Å²) in [6, 6.07) is 11.1. The highest BCUT2D eigenvalue weighted by molar-refractivity contribution is 6.42. The van der Waals surface area contributed by atoms with E-state index in [2.05, 4.69) is 5.32 Å². The monoisotopic (exact) mass is 280 g/mol. The molecule has 0 radical (unpaired) electrons. The van der Waals surface area contributed by atoms with Gasteiger partial charge in [0.2, 0.25) is 0 Å². The van der Waals surface area contributed by atoms with Gasteiger partial charge in [-0.2, -0.15) is 5.26 Å². The summed E-state index contributed by atoms with van der Waals surface area (Å²) in [5.41, 5.74) is 1.23. The number of hydrogen-bond donors (Lipinski definition) is 1. The average molecular weight is 281 g/mol. The highest BCUT2D eigenvalue weighted by atomic mass is 35.5. The molecule has 0 aliphatic rings. The number of hydrogen-bond acceptors (Lipinski definition) is 2. The second kappa shape index (κ2) is 5.26. The van der Waals surface area contributed by atoms with Gasteiger partial charge in [-0.25, -0.2) is 4.39 Å². The summed E-state index contributed by atoms with van der Waals surface area (Å²) in [5.74, 6) is -0.567. The summed E-state index contributed by atoms with van der Waals surface area (Å²) < 4.78 is 13.4. The largest absolute Gasteiger partial charge is 0.355 e. The van der Waals surface area contributed by atoms with E-state index in [0.29, 0.717) is 21.4 Å². The molecule has 90 valence electrons. The maximum Gasteiger partial charge on any atom is 0.143 e. The van der Waals surface area contributed by atoms with Crippen molar-refractivity contribution >= 4 is 34.6 Å². The zero-order chi connectivity index (χ0) is 13.1. The first-order valence-corrected chi connectivity index (χ1v) is 5.77. The first-order valence-electron chi connectivity index (χ1n) is 5.02. The summed E-state index contributed by atoms with van der Waals surface area (Å²) in [4.78, 5) is 0. The molecule has 18 heavy (non-hydrogen) atoms. The Morgan fingerprint density at radius 3 is 2.28 bits per heavy atom. The smallest absolute Gasteiger partial charge is 0.143 e. The zero-order valence-corrected chi connectivity index (χ0v) is 10.6. The molecule has 0 aliphatic carbocycles. The molecule has 2 nitrogen and oxygen atoms in total. The third-order valence-corrected chi connectivity index (χ3v) is 3.04. The Morgan fingerprint density at radius 1 is 1.00 bits per heavy atom. The van der Waals surface area contributed by atoms with Crippen molar-refractivity contribution in [2.75, 3.05) is 5.32 Å². The van der Waals surface area contributed by atoms with Crippen molar-refractivity contribution in [2.24, 2.45) is 0 Å². The van der Waals surface area contributed by atoms with E-state index in [-0.39, 0.29) is 5.56 Å². The molecule has 0 saturated heterocycles. The molecule has 2 rings (SSSR count). The summed E-state index contributed by atoms with van der Waals surface area (Å²) in [6.07, 6.45) is 0. The van der Waals surface area contributed by atoms with Crippen LogP contribution >= 0.6 is 23.2 Å². The number of nitrogens with zero attached hydrogens (tertiary/aromatic N) is 1. The lowest BCUT2D eigenvalue weighted by atomic mass is 10.2. The fraction of sp³-hybridized carbons (Fsp3) is 0. The molecule has 0 aromatic heterocycles. The SMILES string of the molecule is N#Cc1ccc(Nc2ccc(Cl)c(Cl)c2)cc1F. The van der Waals surface area contributed by atoms with Crippen LogP contribution in [0.5, 0.6) is 0 Å². The first-order chi connectivity index (χ1) is 8.60. The van der Waals surface area contributed by atoms with Crippen LogP contribution in [0.15, 0.2) is 36.4 Å². The number of anilines is 2. The molecule has 0 aliphatic heterocycles. The number of benzene rings is 2. The van der Waals surface area contributed by atoms with E-state index in [1.807, 2.05) is 0 Å². The van der Waals surface area contributed by atoms with Crippen LogP contribution < -0.4 is 5.32 Å². The van der Waals surface area contributed by atoms with Crippen molar-refractivity contribution in [3.63, 3.8) is 0 Å². The molecule has 2 aromatic rings. The van der Waals surface area contributed by atoms with Gasteiger partial charge >= 0.3 is 0 Å². The van der Waals surface area contributed by atoms with Gasteiger partial charge in [0.05, 0.1) is 15.6 Å². The van der Waals surface area contributed by atoms with Crippen LogP contribution in [0.3, 0.4) is 0 Å². The van der Waals surface area contributed by atoms with Crippen molar-refractivity contribution in [1.29, 1.82) is 5.26 Å². The molecule has 0 amide bonds. The Balaban J connectivity index is 2.26. The quantitative estimate of drug-likeness (QED) is 0.862. The lowest BCUT2D eigenvalue weighted by Crippen LogP contribution is -1.92. The number of nitrogens with one attached hydrogen (secondary N) is 1. The minimum Gasteiger partial charge on any atom is -0.355 e. The zero-order valence-electron chi connectivity index (χ0n) is 9.05. The summed E-state index contributed by atoms with van der Waals surface area (Å²) in [6.45, 7) is 0. The van der Waals surface area contributed by atoms with E-state index in [1.54, 1.807) is 30.3 Å². The minimum absolute atomic E-state index is 0.00897. The minimum atomic E-state index is -0.567. The van der Waals surface area contributed by atoms with Crippen LogP contribution in [0.2, 0.25) is 10.0 Å². The second-order valence-electron chi connectivity index (χ2n) is 3.56. The van der Waals surface area contributed by atoms with E-state index < -0.39 is 5.82 Å². The van der Waals surface area contributed by atoms with E-state index in [9.17, 15) is 4.39 Å². The fourth-order valence-corrected chi connectivity index (χ4v) is 1.72. The molecule has 0 bridgehead atoms. The van der Waals surface area contributed by atoms with E-state index in [1.165, 1.54) is 12.1 Å². The molecule has 0 unspecified atom stereocenters. The van der Waals surface area contributed by atoms with Crippen LogP contribution in [0.1, 0.15) is 5.56 Å². The third-order valence-electron chi connectivity index (χ3n) is 2.30. The van der Waals surface area contributed by atoms with Gasteiger partial charge in [0, 0.05) is 11.4 Å². The Kier molecular flexibility index (Phi) is 3.71. The van der Waals surface area contributed by atoms with Gasteiger partial charge < -0.3 is 5.32 Å². The van der Waals surface area contributed by atoms with Crippen molar-refractivity contribution in [3.05, 3.63) is 57.8 Å². The molecule has 0 spiro atoms. The topological polar surface area (TPSA) is 35.8 Å². The van der Waals surface area contributed by atoms with Gasteiger partial charge in [0.25, 0.3) is 0 Å². The van der Waals surface area contributed by atoms with Crippen LogP contribution in [-0.2, 0) is 0 Å². The molecular weight excluding hydrogens is 274 g/mol. The first kappa shape index (κ1) is 12.7. The third kappa shape index (κ3) is 2.73. The molecule has 0 fully saturated rings. The van der Waals surface area contributed by atoms with Gasteiger partial charge in [-0.1, -0.05) is 23.2 Å². The lowest BCUT2D eigenvalue weighted by Gasteiger charge is -2.07. The van der Waals surface area contributed by atoms with Gasteiger partial charge in [-0.15, -0.1) is 0 Å². The molecule has 0 saturated carbocycles. The van der Waals surface area contributed by atoms with Crippen molar-refractivity contribution in [1.82, 2.24) is 0 Å². The second-order valence-corrected chi connectivity index (χ2v) is 4.37. The molecule has 0 heterocycles. The van der Waals surface area contributed by atoms with Crippen molar-refractivity contribution in [3.8, 4) is 6.07 Å². The predicted octanol–water partition coefficient (Wildman–Crippen LogP) is 4.75. The molecule has 1 N–H and O–H groups in total. The molecule has 5 heteroatoms.